The lowest BCUT2D eigenvalue weighted by atomic mass is 9.87. The van der Waals surface area contributed by atoms with Crippen molar-refractivity contribution in [1.82, 2.24) is 0 Å². The van der Waals surface area contributed by atoms with Crippen LogP contribution >= 0.6 is 0 Å². The summed E-state index contributed by atoms with van der Waals surface area (Å²) in [6.45, 7) is 0. The fourth-order valence-electron chi connectivity index (χ4n) is 5.80. The number of anilines is 4. The Morgan fingerprint density at radius 2 is 0.833 bits per heavy atom. The Kier molecular flexibility index (Phi) is 7.80. The van der Waals surface area contributed by atoms with Crippen LogP contribution in [0, 0.1) is 11.8 Å². The zero-order chi connectivity index (χ0) is 24.7. The highest BCUT2D eigenvalue weighted by molar-refractivity contribution is 6.05. The molecule has 2 aliphatic rings. The Bertz CT molecular complexity index is 1060. The van der Waals surface area contributed by atoms with Crippen molar-refractivity contribution in [1.29, 1.82) is 0 Å². The van der Waals surface area contributed by atoms with Crippen LogP contribution in [0.4, 0.5) is 22.7 Å². The van der Waals surface area contributed by atoms with Gasteiger partial charge in [0.1, 0.15) is 0 Å². The van der Waals surface area contributed by atoms with Gasteiger partial charge in [-0.2, -0.15) is 0 Å². The molecular formula is C32H36N2O2. The maximum Gasteiger partial charge on any atom is 0.234 e. The van der Waals surface area contributed by atoms with Gasteiger partial charge in [-0.05, 0) is 68.1 Å². The zero-order valence-electron chi connectivity index (χ0n) is 21.0. The first kappa shape index (κ1) is 24.3. The number of amides is 2. The molecule has 5 rings (SSSR count). The second kappa shape index (κ2) is 11.6. The number of nitrogens with zero attached hydrogens (tertiary/aromatic N) is 2. The van der Waals surface area contributed by atoms with Crippen LogP contribution in [0.3, 0.4) is 0 Å². The van der Waals surface area contributed by atoms with Gasteiger partial charge in [0.15, 0.2) is 0 Å². The van der Waals surface area contributed by atoms with Crippen molar-refractivity contribution in [2.75, 3.05) is 9.80 Å². The van der Waals surface area contributed by atoms with Crippen LogP contribution in [0.5, 0.6) is 0 Å². The van der Waals surface area contributed by atoms with Crippen molar-refractivity contribution in [3.63, 3.8) is 0 Å². The third-order valence-corrected chi connectivity index (χ3v) is 7.72. The van der Waals surface area contributed by atoms with E-state index in [1.165, 1.54) is 12.8 Å². The molecule has 0 bridgehead atoms. The Morgan fingerprint density at radius 3 is 1.22 bits per heavy atom. The summed E-state index contributed by atoms with van der Waals surface area (Å²) >= 11 is 0. The normalized spacial score (nSPS) is 16.9. The molecule has 4 heteroatoms. The quantitative estimate of drug-likeness (QED) is 0.357. The van der Waals surface area contributed by atoms with Crippen molar-refractivity contribution >= 4 is 34.6 Å². The van der Waals surface area contributed by atoms with Crippen LogP contribution in [0.1, 0.15) is 64.2 Å². The molecule has 2 fully saturated rings. The average Bonchev–Trinajstić information content (AvgIpc) is 2.96. The third kappa shape index (κ3) is 5.38. The van der Waals surface area contributed by atoms with Crippen LogP contribution in [0.25, 0.3) is 0 Å². The topological polar surface area (TPSA) is 40.6 Å². The molecular weight excluding hydrogens is 444 g/mol. The molecule has 4 nitrogen and oxygen atoms in total. The predicted octanol–water partition coefficient (Wildman–Crippen LogP) is 8.18. The van der Waals surface area contributed by atoms with Crippen LogP contribution in [-0.4, -0.2) is 11.8 Å². The van der Waals surface area contributed by atoms with Crippen LogP contribution in [0.2, 0.25) is 0 Å². The van der Waals surface area contributed by atoms with Gasteiger partial charge in [0.2, 0.25) is 11.8 Å². The molecule has 2 saturated carbocycles. The Balaban J connectivity index is 1.54. The molecule has 0 atom stereocenters. The van der Waals surface area contributed by atoms with E-state index in [0.717, 1.165) is 74.1 Å². The van der Waals surface area contributed by atoms with Gasteiger partial charge < -0.3 is 0 Å². The average molecular weight is 481 g/mol. The lowest BCUT2D eigenvalue weighted by Crippen LogP contribution is -2.35. The second-order valence-corrected chi connectivity index (χ2v) is 10.2. The van der Waals surface area contributed by atoms with Gasteiger partial charge in [0.25, 0.3) is 0 Å². The van der Waals surface area contributed by atoms with Crippen LogP contribution in [0.15, 0.2) is 84.9 Å². The van der Waals surface area contributed by atoms with E-state index >= 15 is 0 Å². The largest absolute Gasteiger partial charge is 0.281 e. The maximum atomic E-state index is 13.9. The maximum absolute atomic E-state index is 13.9. The second-order valence-electron chi connectivity index (χ2n) is 10.2. The first-order valence-electron chi connectivity index (χ1n) is 13.6. The Morgan fingerprint density at radius 1 is 0.472 bits per heavy atom. The van der Waals surface area contributed by atoms with Crippen molar-refractivity contribution < 1.29 is 9.59 Å². The minimum Gasteiger partial charge on any atom is -0.281 e. The first-order valence-corrected chi connectivity index (χ1v) is 13.6. The molecule has 0 aromatic heterocycles. The fraction of sp³-hybridized carbons (Fsp3) is 0.375. The van der Waals surface area contributed by atoms with Crippen molar-refractivity contribution in [3.05, 3.63) is 84.9 Å². The minimum absolute atomic E-state index is 0.0386. The highest BCUT2D eigenvalue weighted by Gasteiger charge is 2.31. The summed E-state index contributed by atoms with van der Waals surface area (Å²) in [6.07, 6.45) is 10.6. The van der Waals surface area contributed by atoms with Gasteiger partial charge in [-0.15, -0.1) is 0 Å². The number of hydrogen-bond acceptors (Lipinski definition) is 2. The standard InChI is InChI=1S/C32H36N2O2/c35-31(25-14-5-1-6-15-25)33(27-18-9-3-10-19-27)29-22-13-23-30(24-29)34(28-20-11-4-12-21-28)32(36)26-16-7-2-8-17-26/h3-4,9-13,18-26H,1-2,5-8,14-17H2. The molecule has 0 saturated heterocycles. The molecule has 3 aromatic rings. The minimum atomic E-state index is 0.0386. The first-order chi connectivity index (χ1) is 17.7. The molecule has 3 aromatic carbocycles. The molecule has 0 N–H and O–H groups in total. The van der Waals surface area contributed by atoms with Gasteiger partial charge in [0, 0.05) is 23.2 Å². The highest BCUT2D eigenvalue weighted by atomic mass is 16.2. The van der Waals surface area contributed by atoms with Crippen molar-refractivity contribution in [2.24, 2.45) is 11.8 Å². The molecule has 2 aliphatic carbocycles. The number of carbonyl (C=O) groups excluding carboxylic acids is 2. The summed E-state index contributed by atoms with van der Waals surface area (Å²) in [5, 5.41) is 0. The SMILES string of the molecule is O=C(C1CCCCC1)N(c1ccccc1)c1cccc(N(C(=O)C2CCCCC2)c2ccccc2)c1. The number of rotatable bonds is 6. The van der Waals surface area contributed by atoms with Crippen LogP contribution in [-0.2, 0) is 9.59 Å². The lowest BCUT2D eigenvalue weighted by Gasteiger charge is -2.32. The summed E-state index contributed by atoms with van der Waals surface area (Å²) in [4.78, 5) is 31.5. The molecule has 0 heterocycles. The van der Waals surface area contributed by atoms with Crippen molar-refractivity contribution in [2.45, 2.75) is 64.2 Å². The monoisotopic (exact) mass is 480 g/mol. The summed E-state index contributed by atoms with van der Waals surface area (Å²) in [5.74, 6) is 0.388. The van der Waals surface area contributed by atoms with Crippen molar-refractivity contribution in [3.8, 4) is 0 Å². The number of benzene rings is 3. The summed E-state index contributed by atoms with van der Waals surface area (Å²) in [5.41, 5.74) is 3.36. The van der Waals surface area contributed by atoms with Gasteiger partial charge in [0.05, 0.1) is 11.4 Å². The van der Waals surface area contributed by atoms with E-state index in [4.69, 9.17) is 0 Å². The van der Waals surface area contributed by atoms with Crippen LogP contribution < -0.4 is 9.80 Å². The lowest BCUT2D eigenvalue weighted by molar-refractivity contribution is -0.123. The number of carbonyl (C=O) groups is 2. The van der Waals surface area contributed by atoms with E-state index in [0.29, 0.717) is 0 Å². The summed E-state index contributed by atoms with van der Waals surface area (Å²) < 4.78 is 0. The Hall–Kier alpha value is -3.40. The van der Waals surface area contributed by atoms with E-state index < -0.39 is 0 Å². The summed E-state index contributed by atoms with van der Waals surface area (Å²) in [7, 11) is 0. The van der Waals surface area contributed by atoms with E-state index in [1.807, 2.05) is 94.7 Å². The summed E-state index contributed by atoms with van der Waals surface area (Å²) in [6, 6.07) is 27.8. The predicted molar refractivity (Wildman–Crippen MR) is 147 cm³/mol. The van der Waals surface area contributed by atoms with Gasteiger partial charge in [-0.25, -0.2) is 0 Å². The molecule has 0 aliphatic heterocycles. The van der Waals surface area contributed by atoms with E-state index in [9.17, 15) is 9.59 Å². The number of hydrogen-bond donors (Lipinski definition) is 0. The third-order valence-electron chi connectivity index (χ3n) is 7.72. The number of para-hydroxylation sites is 2. The molecule has 0 radical (unpaired) electrons. The molecule has 186 valence electrons. The fourth-order valence-corrected chi connectivity index (χ4v) is 5.80. The van der Waals surface area contributed by atoms with Gasteiger partial charge in [-0.1, -0.05) is 81.0 Å². The molecule has 0 unspecified atom stereocenters. The highest BCUT2D eigenvalue weighted by Crippen LogP contribution is 2.37. The van der Waals surface area contributed by atoms with Gasteiger partial charge in [-0.3, -0.25) is 19.4 Å². The zero-order valence-corrected chi connectivity index (χ0v) is 21.0. The van der Waals surface area contributed by atoms with E-state index in [1.54, 1.807) is 0 Å². The van der Waals surface area contributed by atoms with E-state index in [2.05, 4.69) is 0 Å². The smallest absolute Gasteiger partial charge is 0.234 e. The molecule has 2 amide bonds. The molecule has 36 heavy (non-hydrogen) atoms. The Labute approximate surface area is 214 Å². The molecule has 0 spiro atoms. The van der Waals surface area contributed by atoms with Gasteiger partial charge >= 0.3 is 0 Å². The van der Waals surface area contributed by atoms with E-state index in [-0.39, 0.29) is 23.7 Å².